The number of nitrogens with two attached hydrogens (primary N) is 3. The number of halogens is 1. The van der Waals surface area contributed by atoms with Crippen LogP contribution in [0.3, 0.4) is 0 Å². The third kappa shape index (κ3) is 3.60. The summed E-state index contributed by atoms with van der Waals surface area (Å²) in [5, 5.41) is 11.5. The molecule has 2 aliphatic heterocycles. The number of carbonyl (C=O) groups excluding carboxylic acids is 1. The molecule has 5 rings (SSSR count). The van der Waals surface area contributed by atoms with Gasteiger partial charge in [-0.3, -0.25) is 10.2 Å². The number of aliphatic imine (C=N–C) groups is 1. The number of nitrogens with one attached hydrogen (secondary N) is 1. The molecule has 2 fully saturated rings. The quantitative estimate of drug-likeness (QED) is 0.288. The summed E-state index contributed by atoms with van der Waals surface area (Å²) < 4.78 is 2.31. The number of amides is 1. The predicted molar refractivity (Wildman–Crippen MR) is 130 cm³/mol. The number of nitrogen functional groups attached to an aromatic ring is 1. The minimum atomic E-state index is -0.310. The second-order valence-electron chi connectivity index (χ2n) is 8.49. The van der Waals surface area contributed by atoms with Crippen LogP contribution in [0.15, 0.2) is 28.1 Å². The van der Waals surface area contributed by atoms with Crippen molar-refractivity contribution in [2.24, 2.45) is 16.5 Å². The zero-order valence-electron chi connectivity index (χ0n) is 18.2. The largest absolute Gasteiger partial charge is 0.383 e. The van der Waals surface area contributed by atoms with Crippen LogP contribution >= 0.6 is 15.9 Å². The first-order valence-corrected chi connectivity index (χ1v) is 11.7. The molecule has 3 aromatic rings. The van der Waals surface area contributed by atoms with E-state index < -0.39 is 0 Å². The molecule has 2 bridgehead atoms. The van der Waals surface area contributed by atoms with Crippen LogP contribution in [0.5, 0.6) is 0 Å². The molecule has 0 aliphatic carbocycles. The molecule has 0 aromatic carbocycles. The van der Waals surface area contributed by atoms with Crippen LogP contribution in [0.2, 0.25) is 0 Å². The van der Waals surface area contributed by atoms with Crippen molar-refractivity contribution in [3.8, 4) is 11.1 Å². The van der Waals surface area contributed by atoms with Crippen LogP contribution in [0.4, 0.5) is 5.82 Å². The predicted octanol–water partition coefficient (Wildman–Crippen LogP) is 1.19. The van der Waals surface area contributed by atoms with Crippen LogP contribution in [0, 0.1) is 5.41 Å². The lowest BCUT2D eigenvalue weighted by molar-refractivity contribution is -0.128. The summed E-state index contributed by atoms with van der Waals surface area (Å²) in [7, 11) is 0. The topological polar surface area (TPSA) is 191 Å². The molecule has 12 nitrogen and oxygen atoms in total. The number of nitrogens with zero attached hydrogens (tertiary/aromatic N) is 7. The van der Waals surface area contributed by atoms with Gasteiger partial charge in [0.15, 0.2) is 11.5 Å². The lowest BCUT2D eigenvalue weighted by Gasteiger charge is -2.38. The molecule has 176 valence electrons. The Hall–Kier alpha value is -3.45. The maximum absolute atomic E-state index is 12.8. The molecule has 1 amide bonds. The highest BCUT2D eigenvalue weighted by molar-refractivity contribution is 9.10. The molecule has 0 radical (unpaired) electrons. The van der Waals surface area contributed by atoms with Crippen LogP contribution < -0.4 is 17.2 Å². The smallest absolute Gasteiger partial charge is 0.289 e. The summed E-state index contributed by atoms with van der Waals surface area (Å²) in [6.07, 6.45) is 9.15. The van der Waals surface area contributed by atoms with E-state index in [2.05, 4.69) is 36.0 Å². The fourth-order valence-corrected chi connectivity index (χ4v) is 5.66. The van der Waals surface area contributed by atoms with Crippen molar-refractivity contribution in [1.82, 2.24) is 29.5 Å². The van der Waals surface area contributed by atoms with Gasteiger partial charge in [-0.25, -0.2) is 19.9 Å². The van der Waals surface area contributed by atoms with E-state index in [-0.39, 0.29) is 36.3 Å². The van der Waals surface area contributed by atoms with E-state index >= 15 is 0 Å². The molecule has 0 spiro atoms. The third-order valence-corrected chi connectivity index (χ3v) is 7.44. The van der Waals surface area contributed by atoms with Gasteiger partial charge in [-0.2, -0.15) is 9.61 Å². The molecule has 2 aliphatic rings. The second kappa shape index (κ2) is 8.72. The minimum absolute atomic E-state index is 0.0310. The number of rotatable bonds is 4. The average molecular weight is 526 g/mol. The van der Waals surface area contributed by atoms with E-state index in [9.17, 15) is 4.79 Å². The number of amidine groups is 1. The van der Waals surface area contributed by atoms with E-state index in [1.54, 1.807) is 23.1 Å². The molecule has 3 atom stereocenters. The van der Waals surface area contributed by atoms with Crippen molar-refractivity contribution in [2.75, 3.05) is 5.73 Å². The monoisotopic (exact) mass is 525 g/mol. The summed E-state index contributed by atoms with van der Waals surface area (Å²) in [6, 6.07) is 0.0620. The molecule has 3 aromatic heterocycles. The van der Waals surface area contributed by atoms with Gasteiger partial charge in [0.2, 0.25) is 0 Å². The van der Waals surface area contributed by atoms with E-state index in [4.69, 9.17) is 27.6 Å². The standard InChI is InChI=1S/C21H24BrN11O/c22-16-17(10-3-12-1-2-13(4-10)32(12)21(34)18(25)29-9-24)31-20-14(8-30-33(20)19(16)26)11-6-27-15(5-23)28-7-11/h6-10,12-13H,1-5,23,26H2,(H3,24,25,29)/t10?,12-,13+. The number of carbonyl (C=O) groups is 1. The molecular weight excluding hydrogens is 502 g/mol. The van der Waals surface area contributed by atoms with Gasteiger partial charge >= 0.3 is 0 Å². The number of hydrogen-bond acceptors (Lipinski definition) is 8. The summed E-state index contributed by atoms with van der Waals surface area (Å²) in [4.78, 5) is 31.8. The Morgan fingerprint density at radius 2 is 1.91 bits per heavy atom. The van der Waals surface area contributed by atoms with Gasteiger partial charge < -0.3 is 22.1 Å². The van der Waals surface area contributed by atoms with Gasteiger partial charge in [0.05, 0.1) is 22.9 Å². The Labute approximate surface area is 203 Å². The van der Waals surface area contributed by atoms with Gasteiger partial charge in [-0.15, -0.1) is 0 Å². The second-order valence-corrected chi connectivity index (χ2v) is 9.28. The summed E-state index contributed by atoms with van der Waals surface area (Å²) in [5.74, 6) is 0.651. The Kier molecular flexibility index (Phi) is 5.73. The van der Waals surface area contributed by atoms with Crippen LogP contribution in [-0.2, 0) is 11.3 Å². The van der Waals surface area contributed by atoms with Crippen LogP contribution in [0.1, 0.15) is 43.1 Å². The van der Waals surface area contributed by atoms with Crippen LogP contribution in [0.25, 0.3) is 16.8 Å². The fourth-order valence-electron chi connectivity index (χ4n) is 5.08. The van der Waals surface area contributed by atoms with E-state index in [1.807, 2.05) is 4.90 Å². The Morgan fingerprint density at radius 3 is 2.53 bits per heavy atom. The van der Waals surface area contributed by atoms with E-state index in [0.717, 1.165) is 48.8 Å². The van der Waals surface area contributed by atoms with Crippen molar-refractivity contribution in [2.45, 2.75) is 50.2 Å². The van der Waals surface area contributed by atoms with Gasteiger partial charge in [0, 0.05) is 41.5 Å². The molecule has 5 heterocycles. The molecule has 34 heavy (non-hydrogen) atoms. The summed E-state index contributed by atoms with van der Waals surface area (Å²) in [5.41, 5.74) is 20.8. The number of aromatic nitrogens is 5. The maximum Gasteiger partial charge on any atom is 0.289 e. The number of anilines is 1. The highest BCUT2D eigenvalue weighted by Crippen LogP contribution is 2.45. The fraction of sp³-hybridized carbons (Fsp3) is 0.381. The molecule has 1 unspecified atom stereocenters. The SMILES string of the molecule is N=CN=C(N)C(=O)N1[C@@H]2CC[C@H]1CC(c1nc3c(-c4cnc(CN)nc4)cnn3c(N)c1Br)C2. The first-order valence-electron chi connectivity index (χ1n) is 10.9. The first kappa shape index (κ1) is 22.3. The van der Waals surface area contributed by atoms with Crippen molar-refractivity contribution in [3.05, 3.63) is 34.6 Å². The normalized spacial score (nSPS) is 22.4. The molecular formula is C21H24BrN11O. The number of piperidine rings is 1. The van der Waals surface area contributed by atoms with E-state index in [1.165, 1.54) is 0 Å². The molecule has 0 saturated carbocycles. The highest BCUT2D eigenvalue weighted by atomic mass is 79.9. The van der Waals surface area contributed by atoms with Crippen molar-refractivity contribution >= 4 is 45.5 Å². The Bertz CT molecular complexity index is 1290. The molecule has 7 N–H and O–H groups in total. The Balaban J connectivity index is 1.50. The lowest BCUT2D eigenvalue weighted by Crippen LogP contribution is -2.50. The lowest BCUT2D eigenvalue weighted by atomic mass is 9.87. The van der Waals surface area contributed by atoms with Gasteiger partial charge in [0.25, 0.3) is 5.91 Å². The number of hydrogen-bond donors (Lipinski definition) is 4. The minimum Gasteiger partial charge on any atom is -0.383 e. The zero-order valence-corrected chi connectivity index (χ0v) is 19.8. The van der Waals surface area contributed by atoms with Gasteiger partial charge in [-0.05, 0) is 41.6 Å². The van der Waals surface area contributed by atoms with Crippen molar-refractivity contribution in [3.63, 3.8) is 0 Å². The summed E-state index contributed by atoms with van der Waals surface area (Å²) in [6.45, 7) is 0.264. The maximum atomic E-state index is 12.8. The van der Waals surface area contributed by atoms with E-state index in [0.29, 0.717) is 21.8 Å². The van der Waals surface area contributed by atoms with Gasteiger partial charge in [-0.1, -0.05) is 0 Å². The average Bonchev–Trinajstić information content (AvgIpc) is 3.39. The highest BCUT2D eigenvalue weighted by Gasteiger charge is 2.45. The molecule has 13 heteroatoms. The molecule has 2 saturated heterocycles. The number of fused-ring (bicyclic) bond motifs is 3. The van der Waals surface area contributed by atoms with Crippen LogP contribution in [-0.4, -0.2) is 59.6 Å². The van der Waals surface area contributed by atoms with Gasteiger partial charge in [0.1, 0.15) is 18.0 Å². The third-order valence-electron chi connectivity index (χ3n) is 6.62. The zero-order chi connectivity index (χ0) is 24.0. The van der Waals surface area contributed by atoms with Crippen molar-refractivity contribution in [1.29, 1.82) is 5.41 Å². The summed E-state index contributed by atoms with van der Waals surface area (Å²) >= 11 is 3.64. The Morgan fingerprint density at radius 1 is 1.24 bits per heavy atom. The van der Waals surface area contributed by atoms with Crippen molar-refractivity contribution < 1.29 is 4.79 Å². The first-order chi connectivity index (χ1) is 16.4.